The highest BCUT2D eigenvalue weighted by atomic mass is 79.9. The third-order valence-electron chi connectivity index (χ3n) is 3.21. The van der Waals surface area contributed by atoms with E-state index in [2.05, 4.69) is 60.1 Å². The van der Waals surface area contributed by atoms with Crippen LogP contribution in [0, 0.1) is 5.92 Å². The molecule has 0 saturated heterocycles. The molecule has 19 heavy (non-hydrogen) atoms. The van der Waals surface area contributed by atoms with E-state index in [0.717, 1.165) is 18.5 Å². The summed E-state index contributed by atoms with van der Waals surface area (Å²) >= 11 is 3.43. The first-order valence-corrected chi connectivity index (χ1v) is 8.17. The molecular formula is C17H25BrO. The van der Waals surface area contributed by atoms with Gasteiger partial charge in [-0.25, -0.2) is 0 Å². The van der Waals surface area contributed by atoms with Gasteiger partial charge in [-0.1, -0.05) is 64.8 Å². The predicted octanol–water partition coefficient (Wildman–Crippen LogP) is 5.35. The summed E-state index contributed by atoms with van der Waals surface area (Å²) in [6, 6.07) is 10.4. The fourth-order valence-electron chi connectivity index (χ4n) is 2.00. The summed E-state index contributed by atoms with van der Waals surface area (Å²) in [5.41, 5.74) is 2.74. The third-order valence-corrected chi connectivity index (χ3v) is 3.53. The minimum Gasteiger partial charge on any atom is -0.376 e. The van der Waals surface area contributed by atoms with Gasteiger partial charge in [0.2, 0.25) is 0 Å². The van der Waals surface area contributed by atoms with Crippen molar-refractivity contribution in [2.45, 2.75) is 39.7 Å². The molecular weight excluding hydrogens is 300 g/mol. The number of benzene rings is 1. The van der Waals surface area contributed by atoms with Crippen LogP contribution in [0.5, 0.6) is 0 Å². The van der Waals surface area contributed by atoms with Crippen LogP contribution in [-0.4, -0.2) is 11.9 Å². The van der Waals surface area contributed by atoms with Crippen molar-refractivity contribution in [3.05, 3.63) is 47.5 Å². The molecule has 0 heterocycles. The Kier molecular flexibility index (Phi) is 8.85. The molecule has 0 aliphatic rings. The summed E-state index contributed by atoms with van der Waals surface area (Å²) in [5.74, 6) is 0.639. The van der Waals surface area contributed by atoms with Gasteiger partial charge in [-0.15, -0.1) is 0 Å². The molecule has 0 amide bonds. The number of hydrogen-bond acceptors (Lipinski definition) is 1. The van der Waals surface area contributed by atoms with Crippen molar-refractivity contribution in [2.75, 3.05) is 11.9 Å². The van der Waals surface area contributed by atoms with E-state index in [1.165, 1.54) is 30.4 Å². The molecule has 0 N–H and O–H groups in total. The van der Waals surface area contributed by atoms with Crippen LogP contribution in [0.4, 0.5) is 0 Å². The number of hydrogen-bond donors (Lipinski definition) is 0. The first kappa shape index (κ1) is 16.5. The highest BCUT2D eigenvalue weighted by molar-refractivity contribution is 9.09. The molecule has 1 atom stereocenters. The van der Waals surface area contributed by atoms with Crippen LogP contribution < -0.4 is 0 Å². The minimum absolute atomic E-state index is 0.639. The van der Waals surface area contributed by atoms with E-state index in [1.54, 1.807) is 0 Å². The summed E-state index contributed by atoms with van der Waals surface area (Å²) in [5, 5.41) is 0.967. The average Bonchev–Trinajstić information content (AvgIpc) is 2.40. The standard InChI is InChI=1S/C17H25BrO/c1-15(11-12-18)7-6-8-16(2)13-19-14-17-9-4-3-5-10-17/h3-5,9-11,16H,6-8,12-14H2,1-2H3/b15-11+. The van der Waals surface area contributed by atoms with Crippen LogP contribution in [0.1, 0.15) is 38.7 Å². The Hall–Kier alpha value is -0.600. The summed E-state index contributed by atoms with van der Waals surface area (Å²) in [7, 11) is 0. The van der Waals surface area contributed by atoms with Gasteiger partial charge in [0.1, 0.15) is 0 Å². The van der Waals surface area contributed by atoms with Gasteiger partial charge in [0.25, 0.3) is 0 Å². The van der Waals surface area contributed by atoms with Gasteiger partial charge in [0.05, 0.1) is 6.61 Å². The fourth-order valence-corrected chi connectivity index (χ4v) is 2.55. The molecule has 1 aromatic carbocycles. The Morgan fingerprint density at radius 2 is 2.05 bits per heavy atom. The minimum atomic E-state index is 0.639. The normalized spacial score (nSPS) is 13.5. The SMILES string of the molecule is C/C(=C\CBr)CCCC(C)COCc1ccccc1. The van der Waals surface area contributed by atoms with Gasteiger partial charge in [-0.3, -0.25) is 0 Å². The Bertz CT molecular complexity index is 359. The van der Waals surface area contributed by atoms with Crippen LogP contribution in [0.3, 0.4) is 0 Å². The van der Waals surface area contributed by atoms with Crippen molar-refractivity contribution in [1.29, 1.82) is 0 Å². The zero-order chi connectivity index (χ0) is 13.9. The van der Waals surface area contributed by atoms with E-state index in [9.17, 15) is 0 Å². The number of alkyl halides is 1. The molecule has 0 bridgehead atoms. The van der Waals surface area contributed by atoms with E-state index >= 15 is 0 Å². The highest BCUT2D eigenvalue weighted by Crippen LogP contribution is 2.13. The number of rotatable bonds is 9. The quantitative estimate of drug-likeness (QED) is 0.439. The van der Waals surface area contributed by atoms with Gasteiger partial charge in [0.15, 0.2) is 0 Å². The van der Waals surface area contributed by atoms with Crippen LogP contribution in [0.2, 0.25) is 0 Å². The molecule has 106 valence electrons. The maximum Gasteiger partial charge on any atom is 0.0717 e. The van der Waals surface area contributed by atoms with Crippen LogP contribution >= 0.6 is 15.9 Å². The van der Waals surface area contributed by atoms with E-state index in [1.807, 2.05) is 6.07 Å². The van der Waals surface area contributed by atoms with E-state index in [4.69, 9.17) is 4.74 Å². The van der Waals surface area contributed by atoms with Crippen LogP contribution in [0.15, 0.2) is 42.0 Å². The lowest BCUT2D eigenvalue weighted by atomic mass is 10.0. The van der Waals surface area contributed by atoms with Crippen molar-refractivity contribution in [1.82, 2.24) is 0 Å². The smallest absolute Gasteiger partial charge is 0.0717 e. The van der Waals surface area contributed by atoms with Crippen molar-refractivity contribution in [2.24, 2.45) is 5.92 Å². The molecule has 0 aliphatic carbocycles. The van der Waals surface area contributed by atoms with Gasteiger partial charge in [-0.05, 0) is 37.7 Å². The van der Waals surface area contributed by atoms with E-state index < -0.39 is 0 Å². The zero-order valence-corrected chi connectivity index (χ0v) is 13.7. The number of allylic oxidation sites excluding steroid dienone is 2. The second kappa shape index (κ2) is 10.2. The van der Waals surface area contributed by atoms with Crippen molar-refractivity contribution < 1.29 is 4.74 Å². The predicted molar refractivity (Wildman–Crippen MR) is 86.7 cm³/mol. The molecule has 0 spiro atoms. The van der Waals surface area contributed by atoms with Crippen LogP contribution in [-0.2, 0) is 11.3 Å². The van der Waals surface area contributed by atoms with E-state index in [0.29, 0.717) is 5.92 Å². The van der Waals surface area contributed by atoms with Crippen molar-refractivity contribution >= 4 is 15.9 Å². The molecule has 1 unspecified atom stereocenters. The molecule has 2 heteroatoms. The summed E-state index contributed by atoms with van der Waals surface area (Å²) in [4.78, 5) is 0. The molecule has 0 saturated carbocycles. The highest BCUT2D eigenvalue weighted by Gasteiger charge is 2.03. The monoisotopic (exact) mass is 324 g/mol. The third kappa shape index (κ3) is 8.22. The van der Waals surface area contributed by atoms with Gasteiger partial charge in [0, 0.05) is 11.9 Å². The van der Waals surface area contributed by atoms with Crippen molar-refractivity contribution in [3.63, 3.8) is 0 Å². The van der Waals surface area contributed by atoms with Gasteiger partial charge >= 0.3 is 0 Å². The molecule has 0 aromatic heterocycles. The lowest BCUT2D eigenvalue weighted by Crippen LogP contribution is -2.06. The number of ether oxygens (including phenoxy) is 1. The lowest BCUT2D eigenvalue weighted by molar-refractivity contribution is 0.0890. The Balaban J connectivity index is 2.08. The average molecular weight is 325 g/mol. The zero-order valence-electron chi connectivity index (χ0n) is 12.1. The second-order valence-corrected chi connectivity index (χ2v) is 5.85. The maximum atomic E-state index is 5.76. The number of halogens is 1. The topological polar surface area (TPSA) is 9.23 Å². The second-order valence-electron chi connectivity index (χ2n) is 5.20. The summed E-state index contributed by atoms with van der Waals surface area (Å²) in [6.07, 6.45) is 5.94. The largest absolute Gasteiger partial charge is 0.376 e. The summed E-state index contributed by atoms with van der Waals surface area (Å²) < 4.78 is 5.76. The van der Waals surface area contributed by atoms with E-state index in [-0.39, 0.29) is 0 Å². The first-order valence-electron chi connectivity index (χ1n) is 7.05. The van der Waals surface area contributed by atoms with Crippen molar-refractivity contribution in [3.8, 4) is 0 Å². The first-order chi connectivity index (χ1) is 9.22. The molecule has 1 aromatic rings. The lowest BCUT2D eigenvalue weighted by Gasteiger charge is -2.12. The summed E-state index contributed by atoms with van der Waals surface area (Å²) in [6.45, 7) is 6.07. The molecule has 1 rings (SSSR count). The molecule has 1 nitrogen and oxygen atoms in total. The molecule has 0 radical (unpaired) electrons. The van der Waals surface area contributed by atoms with Gasteiger partial charge in [-0.2, -0.15) is 0 Å². The molecule has 0 aliphatic heterocycles. The van der Waals surface area contributed by atoms with Crippen LogP contribution in [0.25, 0.3) is 0 Å². The molecule has 0 fully saturated rings. The Morgan fingerprint density at radius 3 is 2.74 bits per heavy atom. The Morgan fingerprint density at radius 1 is 1.32 bits per heavy atom. The fraction of sp³-hybridized carbons (Fsp3) is 0.529. The maximum absolute atomic E-state index is 5.76. The Labute approximate surface area is 126 Å². The van der Waals surface area contributed by atoms with Gasteiger partial charge < -0.3 is 4.74 Å².